The maximum absolute atomic E-state index is 12.3. The average Bonchev–Trinajstić information content (AvgIpc) is 2.32. The summed E-state index contributed by atoms with van der Waals surface area (Å²) in [5.41, 5.74) is 6.98. The molecule has 0 bridgehead atoms. The molecule has 6 heteroatoms. The second kappa shape index (κ2) is 6.17. The minimum Gasteiger partial charge on any atom is -0.399 e. The third-order valence-corrected chi connectivity index (χ3v) is 4.60. The number of nitrogens with two attached hydrogens (primary N) is 1. The lowest BCUT2D eigenvalue weighted by molar-refractivity contribution is 0.253. The van der Waals surface area contributed by atoms with E-state index >= 15 is 0 Å². The summed E-state index contributed by atoms with van der Waals surface area (Å²) in [7, 11) is -3.55. The van der Waals surface area contributed by atoms with E-state index in [9.17, 15) is 8.42 Å². The van der Waals surface area contributed by atoms with Gasteiger partial charge in [-0.05, 0) is 37.1 Å². The number of nitrogens with zero attached hydrogens (tertiary/aromatic N) is 1. The molecule has 0 heterocycles. The number of rotatable bonds is 6. The standard InChI is InChI=1S/C12H20N2O3S/c1-3-6-14(7-8-15)18(16,17)11-4-5-12(13)10(2)9-11/h4-5,9,15H,3,6-8,13H2,1-2H3. The Morgan fingerprint density at radius 2 is 2.00 bits per heavy atom. The van der Waals surface area contributed by atoms with E-state index in [0.29, 0.717) is 18.7 Å². The normalized spacial score (nSPS) is 12.0. The molecule has 3 N–H and O–H groups in total. The second-order valence-corrected chi connectivity index (χ2v) is 6.08. The van der Waals surface area contributed by atoms with Crippen LogP contribution in [0.2, 0.25) is 0 Å². The van der Waals surface area contributed by atoms with E-state index in [1.807, 2.05) is 6.92 Å². The zero-order chi connectivity index (χ0) is 13.8. The van der Waals surface area contributed by atoms with Gasteiger partial charge in [0.25, 0.3) is 0 Å². The monoisotopic (exact) mass is 272 g/mol. The van der Waals surface area contributed by atoms with Gasteiger partial charge >= 0.3 is 0 Å². The highest BCUT2D eigenvalue weighted by Gasteiger charge is 2.23. The topological polar surface area (TPSA) is 83.6 Å². The lowest BCUT2D eigenvalue weighted by Gasteiger charge is -2.21. The summed E-state index contributed by atoms with van der Waals surface area (Å²) in [6, 6.07) is 4.65. The van der Waals surface area contributed by atoms with Crippen molar-refractivity contribution in [3.63, 3.8) is 0 Å². The first-order valence-corrected chi connectivity index (χ1v) is 7.34. The molecule has 0 amide bonds. The third kappa shape index (κ3) is 3.22. The van der Waals surface area contributed by atoms with Gasteiger partial charge in [0.15, 0.2) is 0 Å². The molecule has 0 fully saturated rings. The molecule has 0 aliphatic heterocycles. The van der Waals surface area contributed by atoms with Gasteiger partial charge in [0, 0.05) is 18.8 Å². The Bertz CT molecular complexity index is 494. The molecule has 102 valence electrons. The van der Waals surface area contributed by atoms with Crippen molar-refractivity contribution in [2.45, 2.75) is 25.2 Å². The number of aliphatic hydroxyl groups excluding tert-OH is 1. The Morgan fingerprint density at radius 3 is 2.50 bits per heavy atom. The Labute approximate surface area is 108 Å². The fourth-order valence-corrected chi connectivity index (χ4v) is 3.28. The van der Waals surface area contributed by atoms with E-state index in [-0.39, 0.29) is 18.0 Å². The van der Waals surface area contributed by atoms with Crippen LogP contribution in [-0.2, 0) is 10.0 Å². The predicted molar refractivity (Wildman–Crippen MR) is 71.7 cm³/mol. The molecular weight excluding hydrogens is 252 g/mol. The third-order valence-electron chi connectivity index (χ3n) is 2.70. The molecule has 0 saturated heterocycles. The van der Waals surface area contributed by atoms with Crippen LogP contribution in [0.1, 0.15) is 18.9 Å². The molecule has 1 rings (SSSR count). The van der Waals surface area contributed by atoms with Crippen molar-refractivity contribution in [1.82, 2.24) is 4.31 Å². The number of hydrogen-bond acceptors (Lipinski definition) is 4. The number of aliphatic hydroxyl groups is 1. The van der Waals surface area contributed by atoms with Gasteiger partial charge in [0.1, 0.15) is 0 Å². The van der Waals surface area contributed by atoms with Crippen molar-refractivity contribution in [2.24, 2.45) is 0 Å². The van der Waals surface area contributed by atoms with Crippen molar-refractivity contribution < 1.29 is 13.5 Å². The molecule has 0 aromatic heterocycles. The van der Waals surface area contributed by atoms with Gasteiger partial charge in [-0.3, -0.25) is 0 Å². The van der Waals surface area contributed by atoms with Crippen LogP contribution in [0.4, 0.5) is 5.69 Å². The lowest BCUT2D eigenvalue weighted by atomic mass is 10.2. The number of nitrogen functional groups attached to an aromatic ring is 1. The van der Waals surface area contributed by atoms with Gasteiger partial charge < -0.3 is 10.8 Å². The van der Waals surface area contributed by atoms with Crippen LogP contribution in [-0.4, -0.2) is 37.5 Å². The molecular formula is C12H20N2O3S. The molecule has 0 aliphatic carbocycles. The van der Waals surface area contributed by atoms with Crippen molar-refractivity contribution >= 4 is 15.7 Å². The van der Waals surface area contributed by atoms with Gasteiger partial charge in [0.2, 0.25) is 10.0 Å². The molecule has 0 atom stereocenters. The first-order chi connectivity index (χ1) is 8.43. The van der Waals surface area contributed by atoms with E-state index in [2.05, 4.69) is 0 Å². The van der Waals surface area contributed by atoms with Crippen LogP contribution in [0.25, 0.3) is 0 Å². The van der Waals surface area contributed by atoms with Gasteiger partial charge in [-0.2, -0.15) is 4.31 Å². The highest BCUT2D eigenvalue weighted by Crippen LogP contribution is 2.20. The summed E-state index contributed by atoms with van der Waals surface area (Å²) in [5.74, 6) is 0. The minimum atomic E-state index is -3.55. The summed E-state index contributed by atoms with van der Waals surface area (Å²) in [5, 5.41) is 8.95. The Morgan fingerprint density at radius 1 is 1.33 bits per heavy atom. The van der Waals surface area contributed by atoms with Crippen LogP contribution in [0.5, 0.6) is 0 Å². The molecule has 0 saturated carbocycles. The van der Waals surface area contributed by atoms with Crippen LogP contribution in [0.15, 0.2) is 23.1 Å². The zero-order valence-corrected chi connectivity index (χ0v) is 11.6. The Kier molecular flexibility index (Phi) is 5.13. The van der Waals surface area contributed by atoms with E-state index in [1.54, 1.807) is 19.1 Å². The minimum absolute atomic E-state index is 0.111. The van der Waals surface area contributed by atoms with Crippen LogP contribution >= 0.6 is 0 Å². The highest BCUT2D eigenvalue weighted by atomic mass is 32.2. The van der Waals surface area contributed by atoms with Crippen LogP contribution < -0.4 is 5.73 Å². The molecule has 0 radical (unpaired) electrons. The summed E-state index contributed by atoms with van der Waals surface area (Å²) in [4.78, 5) is 0.219. The zero-order valence-electron chi connectivity index (χ0n) is 10.8. The molecule has 0 aliphatic rings. The number of hydrogen-bond donors (Lipinski definition) is 2. The number of anilines is 1. The van der Waals surface area contributed by atoms with Crippen LogP contribution in [0, 0.1) is 6.92 Å². The Balaban J connectivity index is 3.13. The fourth-order valence-electron chi connectivity index (χ4n) is 1.67. The highest BCUT2D eigenvalue weighted by molar-refractivity contribution is 7.89. The van der Waals surface area contributed by atoms with Crippen LogP contribution in [0.3, 0.4) is 0 Å². The van der Waals surface area contributed by atoms with E-state index in [1.165, 1.54) is 10.4 Å². The summed E-state index contributed by atoms with van der Waals surface area (Å²) < 4.78 is 26.0. The van der Waals surface area contributed by atoms with Gasteiger partial charge in [-0.25, -0.2) is 8.42 Å². The summed E-state index contributed by atoms with van der Waals surface area (Å²) in [6.07, 6.45) is 0.702. The van der Waals surface area contributed by atoms with Gasteiger partial charge in [-0.1, -0.05) is 6.92 Å². The van der Waals surface area contributed by atoms with Crippen molar-refractivity contribution in [2.75, 3.05) is 25.4 Å². The Hall–Kier alpha value is -1.11. The van der Waals surface area contributed by atoms with E-state index < -0.39 is 10.0 Å². The molecule has 18 heavy (non-hydrogen) atoms. The number of aryl methyl sites for hydroxylation is 1. The van der Waals surface area contributed by atoms with Gasteiger partial charge in [0.05, 0.1) is 11.5 Å². The first-order valence-electron chi connectivity index (χ1n) is 5.90. The number of sulfonamides is 1. The lowest BCUT2D eigenvalue weighted by Crippen LogP contribution is -2.34. The SMILES string of the molecule is CCCN(CCO)S(=O)(=O)c1ccc(N)c(C)c1. The van der Waals surface area contributed by atoms with E-state index in [4.69, 9.17) is 10.8 Å². The summed E-state index contributed by atoms with van der Waals surface area (Å²) in [6.45, 7) is 3.98. The van der Waals surface area contributed by atoms with Crippen molar-refractivity contribution in [3.05, 3.63) is 23.8 Å². The summed E-state index contributed by atoms with van der Waals surface area (Å²) >= 11 is 0. The molecule has 1 aromatic carbocycles. The van der Waals surface area contributed by atoms with Crippen molar-refractivity contribution in [1.29, 1.82) is 0 Å². The quantitative estimate of drug-likeness (QED) is 0.756. The first kappa shape index (κ1) is 14.9. The average molecular weight is 272 g/mol. The van der Waals surface area contributed by atoms with Crippen molar-refractivity contribution in [3.8, 4) is 0 Å². The smallest absolute Gasteiger partial charge is 0.243 e. The fraction of sp³-hybridized carbons (Fsp3) is 0.500. The van der Waals surface area contributed by atoms with Gasteiger partial charge in [-0.15, -0.1) is 0 Å². The second-order valence-electron chi connectivity index (χ2n) is 4.15. The number of benzene rings is 1. The largest absolute Gasteiger partial charge is 0.399 e. The maximum atomic E-state index is 12.3. The maximum Gasteiger partial charge on any atom is 0.243 e. The molecule has 0 spiro atoms. The molecule has 1 aromatic rings. The van der Waals surface area contributed by atoms with E-state index in [0.717, 1.165) is 5.56 Å². The molecule has 5 nitrogen and oxygen atoms in total. The molecule has 0 unspecified atom stereocenters. The predicted octanol–water partition coefficient (Wildman–Crippen LogP) is 0.970.